The van der Waals surface area contributed by atoms with Gasteiger partial charge in [-0.05, 0) is 31.0 Å². The SMILES string of the molecule is COc1ccc(NC(N)=NCCNC(=O)C2CC2)cc1Cl. The molecule has 114 valence electrons. The molecule has 1 aliphatic carbocycles. The fourth-order valence-corrected chi connectivity index (χ4v) is 2.03. The van der Waals surface area contributed by atoms with E-state index in [1.807, 2.05) is 0 Å². The van der Waals surface area contributed by atoms with Gasteiger partial charge in [0.1, 0.15) is 5.75 Å². The van der Waals surface area contributed by atoms with Crippen molar-refractivity contribution in [2.45, 2.75) is 12.8 Å². The van der Waals surface area contributed by atoms with E-state index in [0.29, 0.717) is 23.9 Å². The largest absolute Gasteiger partial charge is 0.495 e. The highest BCUT2D eigenvalue weighted by atomic mass is 35.5. The number of aliphatic imine (C=N–C) groups is 1. The Kier molecular flexibility index (Phi) is 5.27. The van der Waals surface area contributed by atoms with E-state index in [2.05, 4.69) is 15.6 Å². The molecule has 0 spiro atoms. The molecular weight excluding hydrogens is 292 g/mol. The van der Waals surface area contributed by atoms with Crippen LogP contribution in [0.1, 0.15) is 12.8 Å². The van der Waals surface area contributed by atoms with Crippen LogP contribution in [0.15, 0.2) is 23.2 Å². The molecule has 1 fully saturated rings. The Hall–Kier alpha value is -1.95. The maximum atomic E-state index is 11.4. The molecule has 0 heterocycles. The summed E-state index contributed by atoms with van der Waals surface area (Å²) in [7, 11) is 1.56. The number of hydrogen-bond acceptors (Lipinski definition) is 3. The number of ether oxygens (including phenoxy) is 1. The number of carbonyl (C=O) groups excluding carboxylic acids is 1. The molecule has 0 bridgehead atoms. The summed E-state index contributed by atoms with van der Waals surface area (Å²) in [6, 6.07) is 5.24. The van der Waals surface area contributed by atoms with Crippen LogP contribution in [0.2, 0.25) is 5.02 Å². The van der Waals surface area contributed by atoms with Crippen molar-refractivity contribution < 1.29 is 9.53 Å². The van der Waals surface area contributed by atoms with Crippen LogP contribution in [0.3, 0.4) is 0 Å². The molecule has 6 nitrogen and oxygen atoms in total. The normalized spacial score (nSPS) is 14.7. The molecule has 0 unspecified atom stereocenters. The average molecular weight is 311 g/mol. The summed E-state index contributed by atoms with van der Waals surface area (Å²) in [6.07, 6.45) is 1.99. The molecule has 0 aliphatic heterocycles. The van der Waals surface area contributed by atoms with Crippen molar-refractivity contribution >= 4 is 29.2 Å². The Morgan fingerprint density at radius 3 is 2.90 bits per heavy atom. The van der Waals surface area contributed by atoms with Crippen molar-refractivity contribution in [2.75, 3.05) is 25.5 Å². The van der Waals surface area contributed by atoms with Crippen molar-refractivity contribution in [3.05, 3.63) is 23.2 Å². The van der Waals surface area contributed by atoms with Crippen molar-refractivity contribution in [2.24, 2.45) is 16.6 Å². The van der Waals surface area contributed by atoms with Crippen molar-refractivity contribution in [3.63, 3.8) is 0 Å². The molecule has 2 rings (SSSR count). The van der Waals surface area contributed by atoms with Crippen LogP contribution in [0.4, 0.5) is 5.69 Å². The highest BCUT2D eigenvalue weighted by molar-refractivity contribution is 6.32. The van der Waals surface area contributed by atoms with E-state index < -0.39 is 0 Å². The highest BCUT2D eigenvalue weighted by Crippen LogP contribution is 2.28. The Bertz CT molecular complexity index is 544. The lowest BCUT2D eigenvalue weighted by Crippen LogP contribution is -2.29. The maximum absolute atomic E-state index is 11.4. The van der Waals surface area contributed by atoms with Gasteiger partial charge in [-0.25, -0.2) is 0 Å². The lowest BCUT2D eigenvalue weighted by molar-refractivity contribution is -0.122. The van der Waals surface area contributed by atoms with Gasteiger partial charge >= 0.3 is 0 Å². The van der Waals surface area contributed by atoms with Gasteiger partial charge in [-0.3, -0.25) is 9.79 Å². The topological polar surface area (TPSA) is 88.7 Å². The number of guanidine groups is 1. The second-order valence-electron chi connectivity index (χ2n) is 4.81. The molecule has 21 heavy (non-hydrogen) atoms. The summed E-state index contributed by atoms with van der Waals surface area (Å²) in [4.78, 5) is 15.5. The number of carbonyl (C=O) groups is 1. The lowest BCUT2D eigenvalue weighted by atomic mass is 10.3. The van der Waals surface area contributed by atoms with Crippen LogP contribution in [0.5, 0.6) is 5.75 Å². The molecular formula is C14H19ClN4O2. The van der Waals surface area contributed by atoms with E-state index in [9.17, 15) is 4.79 Å². The first kappa shape index (κ1) is 15.4. The van der Waals surface area contributed by atoms with Crippen LogP contribution >= 0.6 is 11.6 Å². The molecule has 0 radical (unpaired) electrons. The van der Waals surface area contributed by atoms with Gasteiger partial charge in [0.2, 0.25) is 5.91 Å². The highest BCUT2D eigenvalue weighted by Gasteiger charge is 2.28. The van der Waals surface area contributed by atoms with Crippen LogP contribution < -0.4 is 21.1 Å². The van der Waals surface area contributed by atoms with Crippen molar-refractivity contribution in [3.8, 4) is 5.75 Å². The molecule has 4 N–H and O–H groups in total. The smallest absolute Gasteiger partial charge is 0.223 e. The van der Waals surface area contributed by atoms with Gasteiger partial charge in [-0.1, -0.05) is 11.6 Å². The van der Waals surface area contributed by atoms with E-state index in [1.165, 1.54) is 0 Å². The fourth-order valence-electron chi connectivity index (χ4n) is 1.78. The number of amides is 1. The van der Waals surface area contributed by atoms with Gasteiger partial charge in [0.25, 0.3) is 0 Å². The van der Waals surface area contributed by atoms with Gasteiger partial charge in [0.05, 0.1) is 18.7 Å². The van der Waals surface area contributed by atoms with Gasteiger partial charge in [-0.2, -0.15) is 0 Å². The van der Waals surface area contributed by atoms with E-state index in [0.717, 1.165) is 18.5 Å². The van der Waals surface area contributed by atoms with E-state index >= 15 is 0 Å². The summed E-state index contributed by atoms with van der Waals surface area (Å²) in [6.45, 7) is 0.919. The van der Waals surface area contributed by atoms with E-state index in [4.69, 9.17) is 22.1 Å². The number of anilines is 1. The zero-order valence-corrected chi connectivity index (χ0v) is 12.6. The predicted molar refractivity (Wildman–Crippen MR) is 83.8 cm³/mol. The molecule has 1 aromatic rings. The summed E-state index contributed by atoms with van der Waals surface area (Å²) in [5.41, 5.74) is 6.49. The van der Waals surface area contributed by atoms with Crippen LogP contribution in [-0.4, -0.2) is 32.1 Å². The van der Waals surface area contributed by atoms with Crippen LogP contribution in [0.25, 0.3) is 0 Å². The Morgan fingerprint density at radius 2 is 2.29 bits per heavy atom. The zero-order chi connectivity index (χ0) is 15.2. The molecule has 0 saturated heterocycles. The van der Waals surface area contributed by atoms with Gasteiger partial charge < -0.3 is 21.1 Å². The molecule has 1 aliphatic rings. The van der Waals surface area contributed by atoms with Gasteiger partial charge in [-0.15, -0.1) is 0 Å². The monoisotopic (exact) mass is 310 g/mol. The van der Waals surface area contributed by atoms with Gasteiger partial charge in [0, 0.05) is 18.2 Å². The minimum atomic E-state index is 0.110. The predicted octanol–water partition coefficient (Wildman–Crippen LogP) is 1.60. The second-order valence-corrected chi connectivity index (χ2v) is 5.21. The van der Waals surface area contributed by atoms with E-state index in [-0.39, 0.29) is 17.8 Å². The quantitative estimate of drug-likeness (QED) is 0.423. The van der Waals surface area contributed by atoms with E-state index in [1.54, 1.807) is 25.3 Å². The maximum Gasteiger partial charge on any atom is 0.223 e. The molecule has 1 saturated carbocycles. The summed E-state index contributed by atoms with van der Waals surface area (Å²) in [5.74, 6) is 1.20. The number of methoxy groups -OCH3 is 1. The third kappa shape index (κ3) is 4.82. The standard InChI is InChI=1S/C14H19ClN4O2/c1-21-12-5-4-10(8-11(12)15)19-14(16)18-7-6-17-13(20)9-2-3-9/h4-5,8-9H,2-3,6-7H2,1H3,(H,17,20)(H3,16,18,19). The average Bonchev–Trinajstić information content (AvgIpc) is 3.28. The summed E-state index contributed by atoms with van der Waals surface area (Å²) < 4.78 is 5.07. The molecule has 7 heteroatoms. The minimum Gasteiger partial charge on any atom is -0.495 e. The number of halogens is 1. The molecule has 1 aromatic carbocycles. The zero-order valence-electron chi connectivity index (χ0n) is 11.9. The summed E-state index contributed by atoms with van der Waals surface area (Å²) in [5, 5.41) is 6.25. The second kappa shape index (κ2) is 7.17. The van der Waals surface area contributed by atoms with Gasteiger partial charge in [0.15, 0.2) is 5.96 Å². The number of nitrogens with one attached hydrogen (secondary N) is 2. The molecule has 0 atom stereocenters. The van der Waals surface area contributed by atoms with Crippen molar-refractivity contribution in [1.29, 1.82) is 0 Å². The number of hydrogen-bond donors (Lipinski definition) is 3. The first-order valence-electron chi connectivity index (χ1n) is 6.78. The Morgan fingerprint density at radius 1 is 1.52 bits per heavy atom. The Balaban J connectivity index is 1.77. The van der Waals surface area contributed by atoms with Crippen LogP contribution in [-0.2, 0) is 4.79 Å². The number of rotatable bonds is 6. The first-order chi connectivity index (χ1) is 10.1. The third-order valence-electron chi connectivity index (χ3n) is 3.07. The fraction of sp³-hybridized carbons (Fsp3) is 0.429. The first-order valence-corrected chi connectivity index (χ1v) is 7.16. The molecule has 1 amide bonds. The Labute approximate surface area is 128 Å². The summed E-state index contributed by atoms with van der Waals surface area (Å²) >= 11 is 6.02. The van der Waals surface area contributed by atoms with Crippen LogP contribution in [0, 0.1) is 5.92 Å². The minimum absolute atomic E-state index is 0.110. The number of nitrogens with zero attached hydrogens (tertiary/aromatic N) is 1. The molecule has 0 aromatic heterocycles. The lowest BCUT2D eigenvalue weighted by Gasteiger charge is -2.08. The van der Waals surface area contributed by atoms with Crippen molar-refractivity contribution in [1.82, 2.24) is 5.32 Å². The third-order valence-corrected chi connectivity index (χ3v) is 3.36. The number of nitrogens with two attached hydrogens (primary N) is 1. The number of benzene rings is 1.